The van der Waals surface area contributed by atoms with Gasteiger partial charge in [0.2, 0.25) is 0 Å². The molecule has 0 saturated heterocycles. The normalized spacial score (nSPS) is 11.4. The van der Waals surface area contributed by atoms with Gasteiger partial charge in [-0.3, -0.25) is 0 Å². The van der Waals surface area contributed by atoms with E-state index in [1.165, 1.54) is 0 Å². The molecule has 0 N–H and O–H groups in total. The smallest absolute Gasteiger partial charge is 0.748 e. The molecule has 6 nitrogen and oxygen atoms in total. The van der Waals surface area contributed by atoms with E-state index in [4.69, 9.17) is 0 Å². The summed E-state index contributed by atoms with van der Waals surface area (Å²) < 4.78 is 61.3. The van der Waals surface area contributed by atoms with E-state index in [1.807, 2.05) is 0 Å². The van der Waals surface area contributed by atoms with Crippen LogP contribution in [0.25, 0.3) is 0 Å². The largest absolute Gasteiger partial charge is 1.00 e. The van der Waals surface area contributed by atoms with E-state index >= 15 is 0 Å². The zero-order chi connectivity index (χ0) is 12.7. The summed E-state index contributed by atoms with van der Waals surface area (Å²) in [6.45, 7) is 0. The van der Waals surface area contributed by atoms with E-state index in [-0.39, 0.29) is 114 Å². The van der Waals surface area contributed by atoms with Gasteiger partial charge in [-0.05, 0) is 12.8 Å². The molecule has 0 radical (unpaired) electrons. The predicted molar refractivity (Wildman–Crippen MR) is 56.8 cm³/mol. The molecular weight excluding hydrogens is 334 g/mol. The first-order valence-corrected chi connectivity index (χ1v) is 8.23. The molecule has 0 aromatic rings. The summed E-state index contributed by atoms with van der Waals surface area (Å²) >= 11 is 0. The van der Waals surface area contributed by atoms with Gasteiger partial charge >= 0.3 is 103 Å². The van der Waals surface area contributed by atoms with Crippen LogP contribution in [0.2, 0.25) is 0 Å². The Labute approximate surface area is 194 Å². The molecule has 0 amide bonds. The fraction of sp³-hybridized carbons (Fsp3) is 1.00. The summed E-state index contributed by atoms with van der Waals surface area (Å²) in [7, 11) is -8.22. The number of unbranched alkanes of at least 4 members (excludes halogenated alkanes) is 5. The standard InChI is InChI=1S/C8H18O6S2.2K/c9-15(10,11)7-5-3-1-2-4-6-8-16(12,13)14;;/h1-8H2,(H,9,10,11)(H,12,13,14);;/q;2*+1/p-2. The molecule has 0 aromatic heterocycles. The van der Waals surface area contributed by atoms with Gasteiger partial charge in [-0.15, -0.1) is 0 Å². The van der Waals surface area contributed by atoms with E-state index in [0.29, 0.717) is 25.7 Å². The van der Waals surface area contributed by atoms with Crippen LogP contribution in [-0.2, 0) is 20.2 Å². The molecule has 0 saturated carbocycles. The van der Waals surface area contributed by atoms with Gasteiger partial charge < -0.3 is 9.11 Å². The molecule has 98 valence electrons. The molecular formula is C8H16K2O6S2. The van der Waals surface area contributed by atoms with Crippen molar-refractivity contribution in [3.63, 3.8) is 0 Å². The summed E-state index contributed by atoms with van der Waals surface area (Å²) in [6.07, 6.45) is 3.43. The number of hydrogen-bond donors (Lipinski definition) is 0. The van der Waals surface area contributed by atoms with Gasteiger partial charge in [-0.1, -0.05) is 25.7 Å². The van der Waals surface area contributed by atoms with Gasteiger partial charge in [-0.25, -0.2) is 16.8 Å². The first-order chi connectivity index (χ1) is 7.21. The Bertz CT molecular complexity index is 340. The molecule has 0 aromatic carbocycles. The Hall–Kier alpha value is 3.09. The van der Waals surface area contributed by atoms with Gasteiger partial charge in [0, 0.05) is 11.5 Å². The molecule has 0 bridgehead atoms. The molecule has 0 unspecified atom stereocenters. The molecule has 0 aliphatic carbocycles. The molecule has 0 spiro atoms. The van der Waals surface area contributed by atoms with Crippen LogP contribution in [0.4, 0.5) is 0 Å². The van der Waals surface area contributed by atoms with Crippen molar-refractivity contribution in [2.45, 2.75) is 38.5 Å². The Morgan fingerprint density at radius 1 is 0.556 bits per heavy atom. The zero-order valence-electron chi connectivity index (χ0n) is 10.9. The first-order valence-electron chi connectivity index (χ1n) is 5.08. The Balaban J connectivity index is -0.00000112. The second-order valence-electron chi connectivity index (χ2n) is 3.64. The summed E-state index contributed by atoms with van der Waals surface area (Å²) in [5.41, 5.74) is 0. The monoisotopic (exact) mass is 350 g/mol. The van der Waals surface area contributed by atoms with Gasteiger partial charge in [0.25, 0.3) is 0 Å². The van der Waals surface area contributed by atoms with E-state index in [0.717, 1.165) is 12.8 Å². The van der Waals surface area contributed by atoms with Crippen LogP contribution in [0.1, 0.15) is 38.5 Å². The van der Waals surface area contributed by atoms with Crippen molar-refractivity contribution < 1.29 is 129 Å². The van der Waals surface area contributed by atoms with Crippen LogP contribution in [0.5, 0.6) is 0 Å². The molecule has 0 rings (SSSR count). The van der Waals surface area contributed by atoms with E-state index in [1.54, 1.807) is 0 Å². The van der Waals surface area contributed by atoms with Crippen molar-refractivity contribution in [1.82, 2.24) is 0 Å². The Morgan fingerprint density at radius 2 is 0.778 bits per heavy atom. The zero-order valence-corrected chi connectivity index (χ0v) is 18.8. The third-order valence-electron chi connectivity index (χ3n) is 2.04. The van der Waals surface area contributed by atoms with Crippen molar-refractivity contribution in [2.75, 3.05) is 11.5 Å². The summed E-state index contributed by atoms with van der Waals surface area (Å²) in [6, 6.07) is 0. The number of hydrogen-bond acceptors (Lipinski definition) is 6. The SMILES string of the molecule is O=S(=O)([O-])CCCCCCCCS(=O)(=O)[O-].[K+].[K+]. The minimum Gasteiger partial charge on any atom is -0.748 e. The van der Waals surface area contributed by atoms with Crippen molar-refractivity contribution in [2.24, 2.45) is 0 Å². The maximum absolute atomic E-state index is 10.2. The summed E-state index contributed by atoms with van der Waals surface area (Å²) in [4.78, 5) is 0. The van der Waals surface area contributed by atoms with Gasteiger partial charge in [-0.2, -0.15) is 0 Å². The van der Waals surface area contributed by atoms with Gasteiger partial charge in [0.15, 0.2) is 0 Å². The summed E-state index contributed by atoms with van der Waals surface area (Å²) in [5, 5.41) is 0. The van der Waals surface area contributed by atoms with Crippen LogP contribution < -0.4 is 103 Å². The minimum absolute atomic E-state index is 0. The third kappa shape index (κ3) is 24.1. The average Bonchev–Trinajstić information content (AvgIpc) is 2.06. The van der Waals surface area contributed by atoms with Crippen LogP contribution in [0.15, 0.2) is 0 Å². The maximum atomic E-state index is 10.2. The molecule has 18 heavy (non-hydrogen) atoms. The van der Waals surface area contributed by atoms with Crippen LogP contribution in [0, 0.1) is 0 Å². The Morgan fingerprint density at radius 3 is 1.00 bits per heavy atom. The van der Waals surface area contributed by atoms with E-state index in [9.17, 15) is 25.9 Å². The molecule has 0 aliphatic rings. The molecule has 0 atom stereocenters. The number of rotatable bonds is 9. The second kappa shape index (κ2) is 13.7. The van der Waals surface area contributed by atoms with Crippen LogP contribution >= 0.6 is 0 Å². The quantitative estimate of drug-likeness (QED) is 0.233. The molecule has 0 heterocycles. The minimum atomic E-state index is -4.11. The Kier molecular flexibility index (Phi) is 19.8. The van der Waals surface area contributed by atoms with Crippen LogP contribution in [0.3, 0.4) is 0 Å². The average molecular weight is 351 g/mol. The molecule has 0 aliphatic heterocycles. The second-order valence-corrected chi connectivity index (χ2v) is 6.69. The predicted octanol–water partition coefficient (Wildman–Crippen LogP) is -5.57. The molecule has 10 heteroatoms. The summed E-state index contributed by atoms with van der Waals surface area (Å²) in [5.74, 6) is -0.691. The fourth-order valence-electron chi connectivity index (χ4n) is 1.26. The maximum Gasteiger partial charge on any atom is 1.00 e. The van der Waals surface area contributed by atoms with Crippen molar-refractivity contribution in [3.8, 4) is 0 Å². The van der Waals surface area contributed by atoms with Gasteiger partial charge in [0.1, 0.15) is 0 Å². The van der Waals surface area contributed by atoms with E-state index in [2.05, 4.69) is 0 Å². The van der Waals surface area contributed by atoms with Crippen LogP contribution in [-0.4, -0.2) is 37.4 Å². The third-order valence-corrected chi connectivity index (χ3v) is 3.62. The molecule has 0 fully saturated rings. The van der Waals surface area contributed by atoms with Crippen molar-refractivity contribution in [3.05, 3.63) is 0 Å². The van der Waals surface area contributed by atoms with Crippen molar-refractivity contribution in [1.29, 1.82) is 0 Å². The first kappa shape index (κ1) is 26.0. The fourth-order valence-corrected chi connectivity index (χ4v) is 2.38. The van der Waals surface area contributed by atoms with Gasteiger partial charge in [0.05, 0.1) is 20.2 Å². The topological polar surface area (TPSA) is 114 Å². The van der Waals surface area contributed by atoms with E-state index < -0.39 is 20.2 Å². The van der Waals surface area contributed by atoms with Crippen molar-refractivity contribution >= 4 is 20.2 Å².